The second kappa shape index (κ2) is 10.4. The summed E-state index contributed by atoms with van der Waals surface area (Å²) in [6.45, 7) is 4.56. The van der Waals surface area contributed by atoms with Crippen molar-refractivity contribution >= 4 is 11.8 Å². The molecule has 0 amide bonds. The summed E-state index contributed by atoms with van der Waals surface area (Å²) in [5, 5.41) is 19.5. The number of ether oxygens (including phenoxy) is 1. The molecule has 0 aliphatic carbocycles. The van der Waals surface area contributed by atoms with E-state index >= 15 is 0 Å². The van der Waals surface area contributed by atoms with Crippen molar-refractivity contribution in [2.45, 2.75) is 32.9 Å². The van der Waals surface area contributed by atoms with Gasteiger partial charge >= 0.3 is 11.7 Å². The van der Waals surface area contributed by atoms with Crippen LogP contribution < -0.4 is 11.5 Å². The molecule has 1 aromatic rings. The molecule has 0 saturated carbocycles. The molecule has 0 bridgehead atoms. The van der Waals surface area contributed by atoms with Gasteiger partial charge in [-0.2, -0.15) is 0 Å². The van der Waals surface area contributed by atoms with Crippen molar-refractivity contribution in [1.29, 1.82) is 5.41 Å². The Kier molecular flexibility index (Phi) is 7.96. The quantitative estimate of drug-likeness (QED) is 0.181. The number of nitrogens with two attached hydrogens (primary N) is 2. The lowest BCUT2D eigenvalue weighted by Crippen LogP contribution is -2.39. The molecule has 0 aromatic heterocycles. The van der Waals surface area contributed by atoms with Gasteiger partial charge in [-0.05, 0) is 44.0 Å². The number of hydrogen-bond donors (Lipinski definition) is 3. The van der Waals surface area contributed by atoms with Crippen LogP contribution >= 0.6 is 0 Å². The highest BCUT2D eigenvalue weighted by Gasteiger charge is 2.28. The predicted octanol–water partition coefficient (Wildman–Crippen LogP) is 0.988. The fourth-order valence-corrected chi connectivity index (χ4v) is 3.30. The van der Waals surface area contributed by atoms with Gasteiger partial charge in [0.1, 0.15) is 6.54 Å². The smallest absolute Gasteiger partial charge is 0.349 e. The number of carbonyl (C=O) groups is 1. The lowest BCUT2D eigenvalue weighted by atomic mass is 10.1. The molecule has 1 aliphatic heterocycles. The van der Waals surface area contributed by atoms with Crippen molar-refractivity contribution in [2.75, 3.05) is 26.2 Å². The summed E-state index contributed by atoms with van der Waals surface area (Å²) in [5.74, 6) is -1.71. The van der Waals surface area contributed by atoms with Gasteiger partial charge in [-0.25, -0.2) is 0 Å². The van der Waals surface area contributed by atoms with Gasteiger partial charge in [0.15, 0.2) is 5.82 Å². The van der Waals surface area contributed by atoms with Crippen LogP contribution in [0.5, 0.6) is 0 Å². The zero-order chi connectivity index (χ0) is 21.4. The monoisotopic (exact) mass is 404 g/mol. The molecule has 10 nitrogen and oxygen atoms in total. The van der Waals surface area contributed by atoms with E-state index in [1.807, 2.05) is 24.3 Å². The first-order chi connectivity index (χ1) is 13.8. The molecular formula is C19H28N6O4. The SMILES string of the molecule is CCOC(=O)CN(Cc1cccc(CN2CCCC2)c1)C(=N)C(=C(N)N)[N+](=O)[O-]. The van der Waals surface area contributed by atoms with Crippen LogP contribution in [0, 0.1) is 15.5 Å². The van der Waals surface area contributed by atoms with E-state index in [-0.39, 0.29) is 19.7 Å². The van der Waals surface area contributed by atoms with Crippen LogP contribution in [0.3, 0.4) is 0 Å². The molecule has 0 atom stereocenters. The maximum Gasteiger partial charge on any atom is 0.349 e. The Morgan fingerprint density at radius 3 is 2.55 bits per heavy atom. The van der Waals surface area contributed by atoms with Crippen LogP contribution in [0.4, 0.5) is 0 Å². The maximum atomic E-state index is 12.0. The minimum atomic E-state index is -0.820. The van der Waals surface area contributed by atoms with Crippen LogP contribution in [0.25, 0.3) is 0 Å². The molecule has 0 radical (unpaired) electrons. The average Bonchev–Trinajstić information content (AvgIpc) is 3.14. The first-order valence-corrected chi connectivity index (χ1v) is 9.51. The Balaban J connectivity index is 2.22. The standard InChI is InChI=1S/C19H28N6O4/c1-2-29-16(26)13-24(19(22)17(18(20)21)25(27)28)12-15-7-5-6-14(10-15)11-23-8-3-4-9-23/h5-7,10,22H,2-4,8-9,11-13,20-21H2,1H3. The molecule has 1 heterocycles. The molecule has 1 fully saturated rings. The van der Waals surface area contributed by atoms with Gasteiger partial charge in [-0.15, -0.1) is 0 Å². The molecule has 1 aliphatic rings. The summed E-state index contributed by atoms with van der Waals surface area (Å²) in [4.78, 5) is 26.1. The summed E-state index contributed by atoms with van der Waals surface area (Å²) in [5.41, 5.74) is 12.0. The van der Waals surface area contributed by atoms with Gasteiger partial charge in [-0.3, -0.25) is 25.2 Å². The number of hydrogen-bond acceptors (Lipinski definition) is 8. The van der Waals surface area contributed by atoms with Crippen LogP contribution in [-0.2, 0) is 22.6 Å². The second-order valence-corrected chi connectivity index (χ2v) is 6.87. The van der Waals surface area contributed by atoms with Crippen LogP contribution in [0.1, 0.15) is 30.9 Å². The van der Waals surface area contributed by atoms with Crippen molar-refractivity contribution in [2.24, 2.45) is 11.5 Å². The van der Waals surface area contributed by atoms with Crippen molar-refractivity contribution in [3.8, 4) is 0 Å². The summed E-state index contributed by atoms with van der Waals surface area (Å²) in [6, 6.07) is 7.74. The molecule has 29 heavy (non-hydrogen) atoms. The van der Waals surface area contributed by atoms with Crippen molar-refractivity contribution in [1.82, 2.24) is 9.80 Å². The van der Waals surface area contributed by atoms with Crippen molar-refractivity contribution in [3.05, 3.63) is 57.0 Å². The normalized spacial score (nSPS) is 13.7. The van der Waals surface area contributed by atoms with E-state index in [4.69, 9.17) is 21.6 Å². The lowest BCUT2D eigenvalue weighted by Gasteiger charge is -2.23. The number of nitro groups is 1. The van der Waals surface area contributed by atoms with Crippen molar-refractivity contribution in [3.63, 3.8) is 0 Å². The number of benzene rings is 1. The molecule has 1 aromatic carbocycles. The number of carbonyl (C=O) groups excluding carboxylic acids is 1. The molecule has 0 spiro atoms. The lowest BCUT2D eigenvalue weighted by molar-refractivity contribution is -0.417. The van der Waals surface area contributed by atoms with Crippen LogP contribution in [0.15, 0.2) is 35.8 Å². The molecule has 158 valence electrons. The number of likely N-dealkylation sites (tertiary alicyclic amines) is 1. The summed E-state index contributed by atoms with van der Waals surface area (Å²) in [7, 11) is 0. The largest absolute Gasteiger partial charge is 0.465 e. The molecule has 5 N–H and O–H groups in total. The van der Waals surface area contributed by atoms with Gasteiger partial charge in [-0.1, -0.05) is 24.3 Å². The van der Waals surface area contributed by atoms with E-state index in [9.17, 15) is 14.9 Å². The van der Waals surface area contributed by atoms with E-state index in [1.54, 1.807) is 6.92 Å². The van der Waals surface area contributed by atoms with E-state index in [1.165, 1.54) is 17.7 Å². The Morgan fingerprint density at radius 2 is 1.97 bits per heavy atom. The number of esters is 1. The molecule has 1 saturated heterocycles. The zero-order valence-corrected chi connectivity index (χ0v) is 16.6. The predicted molar refractivity (Wildman–Crippen MR) is 108 cm³/mol. The van der Waals surface area contributed by atoms with E-state index in [0.717, 1.165) is 30.8 Å². The highest BCUT2D eigenvalue weighted by molar-refractivity contribution is 5.95. The molecule has 10 heteroatoms. The van der Waals surface area contributed by atoms with Crippen molar-refractivity contribution < 1.29 is 14.5 Å². The summed E-state index contributed by atoms with van der Waals surface area (Å²) < 4.78 is 4.94. The number of nitrogens with one attached hydrogen (secondary N) is 1. The van der Waals surface area contributed by atoms with E-state index in [0.29, 0.717) is 0 Å². The third-order valence-electron chi connectivity index (χ3n) is 4.59. The minimum Gasteiger partial charge on any atom is -0.465 e. The Labute approximate surface area is 169 Å². The average molecular weight is 404 g/mol. The third kappa shape index (κ3) is 6.46. The van der Waals surface area contributed by atoms with E-state index in [2.05, 4.69) is 4.90 Å². The number of amidine groups is 1. The fourth-order valence-electron chi connectivity index (χ4n) is 3.30. The Morgan fingerprint density at radius 1 is 1.31 bits per heavy atom. The molecule has 0 unspecified atom stereocenters. The topological polar surface area (TPSA) is 152 Å². The zero-order valence-electron chi connectivity index (χ0n) is 16.6. The number of nitrogens with zero attached hydrogens (tertiary/aromatic N) is 3. The minimum absolute atomic E-state index is 0.107. The molecule has 2 rings (SSSR count). The van der Waals surface area contributed by atoms with Gasteiger partial charge in [0.05, 0.1) is 11.5 Å². The van der Waals surface area contributed by atoms with Gasteiger partial charge in [0, 0.05) is 13.1 Å². The van der Waals surface area contributed by atoms with Gasteiger partial charge in [0.25, 0.3) is 0 Å². The number of rotatable bonds is 9. The van der Waals surface area contributed by atoms with Crippen LogP contribution in [0.2, 0.25) is 0 Å². The highest BCUT2D eigenvalue weighted by atomic mass is 16.6. The Hall–Kier alpha value is -3.14. The van der Waals surface area contributed by atoms with Gasteiger partial charge < -0.3 is 21.1 Å². The second-order valence-electron chi connectivity index (χ2n) is 6.87. The summed E-state index contributed by atoms with van der Waals surface area (Å²) in [6.07, 6.45) is 2.39. The molecular weight excluding hydrogens is 376 g/mol. The Bertz CT molecular complexity index is 785. The fraction of sp³-hybridized carbons (Fsp3) is 0.474. The third-order valence-corrected chi connectivity index (χ3v) is 4.59. The van der Waals surface area contributed by atoms with E-state index < -0.39 is 28.2 Å². The highest BCUT2D eigenvalue weighted by Crippen LogP contribution is 2.16. The summed E-state index contributed by atoms with van der Waals surface area (Å²) >= 11 is 0. The van der Waals surface area contributed by atoms with Crippen LogP contribution in [-0.4, -0.2) is 52.8 Å². The van der Waals surface area contributed by atoms with Gasteiger partial charge in [0.2, 0.25) is 5.84 Å². The first kappa shape index (κ1) is 22.2. The first-order valence-electron chi connectivity index (χ1n) is 9.51. The maximum absolute atomic E-state index is 12.0.